The summed E-state index contributed by atoms with van der Waals surface area (Å²) >= 11 is 5.96. The van der Waals surface area contributed by atoms with Crippen LogP contribution < -0.4 is 11.1 Å². The number of hydrogen-bond acceptors (Lipinski definition) is 3. The Morgan fingerprint density at radius 1 is 1.24 bits per heavy atom. The molecule has 21 heavy (non-hydrogen) atoms. The van der Waals surface area contributed by atoms with Crippen molar-refractivity contribution in [2.45, 2.75) is 31.7 Å². The lowest BCUT2D eigenvalue weighted by molar-refractivity contribution is -0.133. The van der Waals surface area contributed by atoms with Crippen LogP contribution >= 0.6 is 11.6 Å². The average molecular weight is 310 g/mol. The number of anilines is 1. The number of nitrogens with zero attached hydrogens (tertiary/aromatic N) is 1. The summed E-state index contributed by atoms with van der Waals surface area (Å²) in [7, 11) is 0. The highest BCUT2D eigenvalue weighted by molar-refractivity contribution is 6.33. The number of carbonyl (C=O) groups is 2. The fourth-order valence-electron chi connectivity index (χ4n) is 2.30. The van der Waals surface area contributed by atoms with E-state index < -0.39 is 0 Å². The molecule has 2 rings (SSSR count). The van der Waals surface area contributed by atoms with Crippen molar-refractivity contribution < 1.29 is 9.59 Å². The second kappa shape index (κ2) is 7.43. The largest absolute Gasteiger partial charge is 0.343 e. The lowest BCUT2D eigenvalue weighted by Crippen LogP contribution is -2.43. The van der Waals surface area contributed by atoms with Crippen LogP contribution in [0.5, 0.6) is 0 Å². The van der Waals surface area contributed by atoms with Gasteiger partial charge in [0.05, 0.1) is 10.7 Å². The van der Waals surface area contributed by atoms with Crippen LogP contribution in [0.2, 0.25) is 5.02 Å². The Hall–Kier alpha value is -1.59. The molecule has 0 unspecified atom stereocenters. The summed E-state index contributed by atoms with van der Waals surface area (Å²) in [5.41, 5.74) is 6.37. The average Bonchev–Trinajstić information content (AvgIpc) is 2.48. The third kappa shape index (κ3) is 4.72. The van der Waals surface area contributed by atoms with Crippen molar-refractivity contribution in [2.75, 3.05) is 18.4 Å². The van der Waals surface area contributed by atoms with E-state index in [0.29, 0.717) is 23.8 Å². The van der Waals surface area contributed by atoms with Gasteiger partial charge in [-0.3, -0.25) is 9.59 Å². The first kappa shape index (κ1) is 15.8. The van der Waals surface area contributed by atoms with Crippen LogP contribution in [-0.2, 0) is 9.59 Å². The number of rotatable bonds is 4. The molecule has 0 radical (unpaired) electrons. The zero-order chi connectivity index (χ0) is 15.2. The number of carbonyl (C=O) groups excluding carboxylic acids is 2. The first-order chi connectivity index (χ1) is 10.1. The van der Waals surface area contributed by atoms with Gasteiger partial charge in [-0.1, -0.05) is 23.7 Å². The van der Waals surface area contributed by atoms with Gasteiger partial charge in [0.2, 0.25) is 11.8 Å². The van der Waals surface area contributed by atoms with Crippen molar-refractivity contribution >= 4 is 29.1 Å². The summed E-state index contributed by atoms with van der Waals surface area (Å²) in [4.78, 5) is 25.6. The third-order valence-electron chi connectivity index (χ3n) is 3.61. The number of nitrogens with one attached hydrogen (secondary N) is 1. The molecule has 0 bridgehead atoms. The number of halogens is 1. The number of para-hydroxylation sites is 1. The van der Waals surface area contributed by atoms with Gasteiger partial charge < -0.3 is 16.0 Å². The van der Waals surface area contributed by atoms with Crippen molar-refractivity contribution in [3.63, 3.8) is 0 Å². The van der Waals surface area contributed by atoms with E-state index >= 15 is 0 Å². The second-order valence-corrected chi connectivity index (χ2v) is 5.65. The molecule has 0 atom stereocenters. The maximum absolute atomic E-state index is 12.0. The molecule has 3 N–H and O–H groups in total. The van der Waals surface area contributed by atoms with Crippen LogP contribution in [0.25, 0.3) is 0 Å². The number of amides is 2. The fourth-order valence-corrected chi connectivity index (χ4v) is 2.49. The molecule has 1 aliphatic rings. The molecule has 0 aromatic heterocycles. The van der Waals surface area contributed by atoms with Crippen molar-refractivity contribution in [1.29, 1.82) is 0 Å². The maximum Gasteiger partial charge on any atom is 0.224 e. The zero-order valence-corrected chi connectivity index (χ0v) is 12.6. The standard InChI is InChI=1S/C15H20ClN3O2/c16-12-3-1-2-4-13(12)18-14(20)5-6-15(21)19-9-7-11(17)8-10-19/h1-4,11H,5-10,17H2,(H,18,20). The summed E-state index contributed by atoms with van der Waals surface area (Å²) in [6.07, 6.45) is 2.03. The molecule has 114 valence electrons. The minimum absolute atomic E-state index is 0.0104. The fraction of sp³-hybridized carbons (Fsp3) is 0.467. The highest BCUT2D eigenvalue weighted by Crippen LogP contribution is 2.20. The molecule has 1 saturated heterocycles. The molecule has 1 heterocycles. The Balaban J connectivity index is 1.76. The number of hydrogen-bond donors (Lipinski definition) is 2. The van der Waals surface area contributed by atoms with E-state index in [0.717, 1.165) is 12.8 Å². The van der Waals surface area contributed by atoms with Crippen molar-refractivity contribution in [3.8, 4) is 0 Å². The monoisotopic (exact) mass is 309 g/mol. The maximum atomic E-state index is 12.0. The predicted molar refractivity (Wildman–Crippen MR) is 83.1 cm³/mol. The van der Waals surface area contributed by atoms with Crippen molar-refractivity contribution in [2.24, 2.45) is 5.73 Å². The molecule has 1 aromatic rings. The van der Waals surface area contributed by atoms with Gasteiger partial charge in [0, 0.05) is 32.0 Å². The number of benzene rings is 1. The van der Waals surface area contributed by atoms with E-state index in [4.69, 9.17) is 17.3 Å². The van der Waals surface area contributed by atoms with Gasteiger partial charge in [0.1, 0.15) is 0 Å². The van der Waals surface area contributed by atoms with Gasteiger partial charge >= 0.3 is 0 Å². The van der Waals surface area contributed by atoms with Crippen LogP contribution in [0.1, 0.15) is 25.7 Å². The minimum Gasteiger partial charge on any atom is -0.343 e. The number of nitrogens with two attached hydrogens (primary N) is 1. The topological polar surface area (TPSA) is 75.4 Å². The molecule has 0 aliphatic carbocycles. The summed E-state index contributed by atoms with van der Waals surface area (Å²) in [6, 6.07) is 7.22. The van der Waals surface area contributed by atoms with Crippen LogP contribution in [0.4, 0.5) is 5.69 Å². The lowest BCUT2D eigenvalue weighted by Gasteiger charge is -2.30. The van der Waals surface area contributed by atoms with E-state index in [1.54, 1.807) is 29.2 Å². The van der Waals surface area contributed by atoms with Crippen molar-refractivity contribution in [3.05, 3.63) is 29.3 Å². The van der Waals surface area contributed by atoms with Crippen LogP contribution in [0.15, 0.2) is 24.3 Å². The van der Waals surface area contributed by atoms with Crippen molar-refractivity contribution in [1.82, 2.24) is 4.90 Å². The highest BCUT2D eigenvalue weighted by atomic mass is 35.5. The van der Waals surface area contributed by atoms with Gasteiger partial charge in [-0.25, -0.2) is 0 Å². The van der Waals surface area contributed by atoms with Crippen LogP contribution in [0.3, 0.4) is 0 Å². The van der Waals surface area contributed by atoms with Gasteiger partial charge in [-0.05, 0) is 25.0 Å². The summed E-state index contributed by atoms with van der Waals surface area (Å²) in [5, 5.41) is 3.20. The molecule has 6 heteroatoms. The van der Waals surface area contributed by atoms with Gasteiger partial charge in [-0.2, -0.15) is 0 Å². The Kier molecular flexibility index (Phi) is 5.59. The minimum atomic E-state index is -0.204. The molecule has 0 spiro atoms. The van der Waals surface area contributed by atoms with E-state index in [1.165, 1.54) is 0 Å². The summed E-state index contributed by atoms with van der Waals surface area (Å²) < 4.78 is 0. The van der Waals surface area contributed by atoms with Crippen LogP contribution in [-0.4, -0.2) is 35.8 Å². The molecule has 2 amide bonds. The summed E-state index contributed by atoms with van der Waals surface area (Å²) in [5.74, 6) is -0.193. The summed E-state index contributed by atoms with van der Waals surface area (Å²) in [6.45, 7) is 1.37. The molecular formula is C15H20ClN3O2. The molecule has 0 saturated carbocycles. The SMILES string of the molecule is NC1CCN(C(=O)CCC(=O)Nc2ccccc2Cl)CC1. The Morgan fingerprint density at radius 3 is 2.57 bits per heavy atom. The predicted octanol–water partition coefficient (Wildman–Crippen LogP) is 2.01. The quantitative estimate of drug-likeness (QED) is 0.893. The Labute approximate surface area is 129 Å². The first-order valence-corrected chi connectivity index (χ1v) is 7.52. The molecule has 1 aliphatic heterocycles. The normalized spacial score (nSPS) is 15.8. The Bertz CT molecular complexity index is 513. The third-order valence-corrected chi connectivity index (χ3v) is 3.94. The zero-order valence-electron chi connectivity index (χ0n) is 11.8. The molecule has 5 nitrogen and oxygen atoms in total. The first-order valence-electron chi connectivity index (χ1n) is 7.14. The lowest BCUT2D eigenvalue weighted by atomic mass is 10.1. The van der Waals surface area contributed by atoms with Gasteiger partial charge in [-0.15, -0.1) is 0 Å². The van der Waals surface area contributed by atoms with E-state index in [-0.39, 0.29) is 30.7 Å². The number of likely N-dealkylation sites (tertiary alicyclic amines) is 1. The second-order valence-electron chi connectivity index (χ2n) is 5.25. The number of piperidine rings is 1. The van der Waals surface area contributed by atoms with Gasteiger partial charge in [0.15, 0.2) is 0 Å². The molecular weight excluding hydrogens is 290 g/mol. The smallest absolute Gasteiger partial charge is 0.224 e. The van der Waals surface area contributed by atoms with Crippen LogP contribution in [0, 0.1) is 0 Å². The van der Waals surface area contributed by atoms with Gasteiger partial charge in [0.25, 0.3) is 0 Å². The molecule has 1 aromatic carbocycles. The Morgan fingerprint density at radius 2 is 1.90 bits per heavy atom. The van der Waals surface area contributed by atoms with E-state index in [9.17, 15) is 9.59 Å². The van der Waals surface area contributed by atoms with E-state index in [1.807, 2.05) is 0 Å². The molecule has 1 fully saturated rings. The highest BCUT2D eigenvalue weighted by Gasteiger charge is 2.20. The van der Waals surface area contributed by atoms with E-state index in [2.05, 4.69) is 5.32 Å².